The zero-order valence-electron chi connectivity index (χ0n) is 11.4. The summed E-state index contributed by atoms with van der Waals surface area (Å²) in [4.78, 5) is -0.132. The maximum Gasteiger partial charge on any atom is 1.00 e. The molecule has 0 N–H and O–H groups in total. The molecule has 0 aromatic heterocycles. The fraction of sp³-hybridized carbons (Fsp3) is 0.286. The number of hydrogen-bond donors (Lipinski definition) is 0. The summed E-state index contributed by atoms with van der Waals surface area (Å²) >= 11 is 0. The zero-order chi connectivity index (χ0) is 13.3. The maximum absolute atomic E-state index is 11.2. The molecule has 0 unspecified atom stereocenters. The molecule has 0 aliphatic carbocycles. The van der Waals surface area contributed by atoms with Gasteiger partial charge >= 0.3 is 51.4 Å². The molecule has 0 spiro atoms. The van der Waals surface area contributed by atoms with E-state index >= 15 is 0 Å². The van der Waals surface area contributed by atoms with E-state index in [1.54, 1.807) is 0 Å². The van der Waals surface area contributed by atoms with Gasteiger partial charge in [-0.3, -0.25) is 0 Å². The molecule has 96 valence electrons. The van der Waals surface area contributed by atoms with Gasteiger partial charge in [-0.15, -0.1) is 0 Å². The molecule has 0 heterocycles. The van der Waals surface area contributed by atoms with E-state index in [1.165, 1.54) is 12.1 Å². The van der Waals surface area contributed by atoms with Gasteiger partial charge in [0, 0.05) is 0 Å². The number of rotatable bonds is 3. The van der Waals surface area contributed by atoms with Crippen molar-refractivity contribution < 1.29 is 64.4 Å². The van der Waals surface area contributed by atoms with Gasteiger partial charge in [0.25, 0.3) is 0 Å². The smallest absolute Gasteiger partial charge is 0.744 e. The second-order valence-electron chi connectivity index (χ2n) is 4.26. The zero-order valence-corrected chi connectivity index (χ0v) is 15.4. The summed E-state index contributed by atoms with van der Waals surface area (Å²) in [6, 6.07) is 8.88. The molecule has 2 aromatic carbocycles. The fourth-order valence-electron chi connectivity index (χ4n) is 2.24. The molecule has 0 aliphatic heterocycles. The van der Waals surface area contributed by atoms with Crippen LogP contribution in [0, 0.1) is 0 Å². The molecule has 2 aromatic rings. The molecule has 0 atom stereocenters. The van der Waals surface area contributed by atoms with Crippen LogP contribution in [0.3, 0.4) is 0 Å². The quantitative estimate of drug-likeness (QED) is 0.586. The van der Waals surface area contributed by atoms with Crippen LogP contribution in [0.15, 0.2) is 35.2 Å². The molecule has 0 aliphatic rings. The molecule has 0 saturated heterocycles. The number of aryl methyl sites for hydroxylation is 2. The van der Waals surface area contributed by atoms with Crippen molar-refractivity contribution in [2.75, 3.05) is 0 Å². The van der Waals surface area contributed by atoms with Gasteiger partial charge in [-0.1, -0.05) is 32.0 Å². The Kier molecular flexibility index (Phi) is 6.19. The molecule has 0 fully saturated rings. The topological polar surface area (TPSA) is 57.2 Å². The van der Waals surface area contributed by atoms with Crippen molar-refractivity contribution in [1.82, 2.24) is 0 Å². The Labute approximate surface area is 156 Å². The van der Waals surface area contributed by atoms with Gasteiger partial charge in [-0.05, 0) is 46.9 Å². The summed E-state index contributed by atoms with van der Waals surface area (Å²) in [5.74, 6) is 0. The van der Waals surface area contributed by atoms with Crippen LogP contribution in [0.5, 0.6) is 0 Å². The normalized spacial score (nSPS) is 11.3. The first-order valence-corrected chi connectivity index (χ1v) is 7.38. The van der Waals surface area contributed by atoms with E-state index < -0.39 is 10.1 Å². The molecule has 5 heteroatoms. The van der Waals surface area contributed by atoms with E-state index in [4.69, 9.17) is 0 Å². The predicted octanol–water partition coefficient (Wildman–Crippen LogP) is -0.127. The van der Waals surface area contributed by atoms with Crippen molar-refractivity contribution in [3.05, 3.63) is 41.5 Å². The molecule has 0 bridgehead atoms. The molecule has 3 nitrogen and oxygen atoms in total. The van der Waals surface area contributed by atoms with Crippen LogP contribution in [0.4, 0.5) is 0 Å². The second kappa shape index (κ2) is 6.80. The first-order valence-electron chi connectivity index (χ1n) is 5.97. The minimum absolute atomic E-state index is 0. The minimum atomic E-state index is -4.40. The summed E-state index contributed by atoms with van der Waals surface area (Å²) in [7, 11) is -4.40. The third-order valence-electron chi connectivity index (χ3n) is 3.20. The van der Waals surface area contributed by atoms with Crippen molar-refractivity contribution in [3.63, 3.8) is 0 Å². The first-order chi connectivity index (χ1) is 8.47. The van der Waals surface area contributed by atoms with E-state index in [0.29, 0.717) is 6.42 Å². The third-order valence-corrected chi connectivity index (χ3v) is 4.01. The molecule has 0 amide bonds. The van der Waals surface area contributed by atoms with Crippen LogP contribution in [0.2, 0.25) is 0 Å². The summed E-state index contributed by atoms with van der Waals surface area (Å²) < 4.78 is 33.6. The van der Waals surface area contributed by atoms with Crippen LogP contribution in [0.1, 0.15) is 25.0 Å². The first kappa shape index (κ1) is 17.3. The maximum atomic E-state index is 11.2. The summed E-state index contributed by atoms with van der Waals surface area (Å²) in [5, 5.41) is 1.90. The average molecular weight is 302 g/mol. The van der Waals surface area contributed by atoms with Gasteiger partial charge in [0.2, 0.25) is 0 Å². The van der Waals surface area contributed by atoms with E-state index in [0.717, 1.165) is 28.3 Å². The number of fused-ring (bicyclic) bond motifs is 1. The van der Waals surface area contributed by atoms with Gasteiger partial charge < -0.3 is 4.55 Å². The molecule has 0 radical (unpaired) electrons. The van der Waals surface area contributed by atoms with Gasteiger partial charge in [-0.2, -0.15) is 0 Å². The molecule has 0 saturated carbocycles. The third kappa shape index (κ3) is 3.67. The molecule has 2 rings (SSSR count). The summed E-state index contributed by atoms with van der Waals surface area (Å²) in [6.07, 6.45) is 1.51. The van der Waals surface area contributed by atoms with Gasteiger partial charge in [0.15, 0.2) is 0 Å². The van der Waals surface area contributed by atoms with E-state index in [2.05, 4.69) is 0 Å². The Hall–Kier alpha value is 0.246. The van der Waals surface area contributed by atoms with Crippen molar-refractivity contribution >= 4 is 20.9 Å². The average Bonchev–Trinajstić information content (AvgIpc) is 2.35. The number of hydrogen-bond acceptors (Lipinski definition) is 3. The second-order valence-corrected chi connectivity index (χ2v) is 5.64. The number of benzene rings is 2. The molecular formula is C14H15KO3S. The van der Waals surface area contributed by atoms with Crippen LogP contribution in [0.25, 0.3) is 10.8 Å². The predicted molar refractivity (Wildman–Crippen MR) is 70.7 cm³/mol. The van der Waals surface area contributed by atoms with Crippen molar-refractivity contribution in [2.24, 2.45) is 0 Å². The Morgan fingerprint density at radius 2 is 1.63 bits per heavy atom. The van der Waals surface area contributed by atoms with Gasteiger partial charge in [0.1, 0.15) is 10.1 Å². The summed E-state index contributed by atoms with van der Waals surface area (Å²) in [6.45, 7) is 3.97. The Balaban J connectivity index is 0.00000180. The van der Waals surface area contributed by atoms with E-state index in [9.17, 15) is 13.0 Å². The van der Waals surface area contributed by atoms with Gasteiger partial charge in [0.05, 0.1) is 4.90 Å². The van der Waals surface area contributed by atoms with E-state index in [-0.39, 0.29) is 56.3 Å². The van der Waals surface area contributed by atoms with Crippen molar-refractivity contribution in [1.29, 1.82) is 0 Å². The van der Waals surface area contributed by atoms with E-state index in [1.807, 2.05) is 32.0 Å². The fourth-order valence-corrected chi connectivity index (χ4v) is 2.79. The molecular weight excluding hydrogens is 287 g/mol. The van der Waals surface area contributed by atoms with Crippen LogP contribution < -0.4 is 51.4 Å². The van der Waals surface area contributed by atoms with Crippen LogP contribution >= 0.6 is 0 Å². The monoisotopic (exact) mass is 302 g/mol. The Bertz CT molecular complexity index is 693. The summed E-state index contributed by atoms with van der Waals surface area (Å²) in [5.41, 5.74) is 1.96. The largest absolute Gasteiger partial charge is 1.00 e. The van der Waals surface area contributed by atoms with Crippen molar-refractivity contribution in [3.8, 4) is 0 Å². The Morgan fingerprint density at radius 3 is 2.16 bits per heavy atom. The standard InChI is InChI=1S/C14H16O3S.K/c1-3-10-6-5-7-13-11(4-2)8-12(9-14(10)13)18(15,16)17;/h5-9H,3-4H2,1-2H3,(H,15,16,17);/q;+1/p-1. The Morgan fingerprint density at radius 1 is 1.00 bits per heavy atom. The van der Waals surface area contributed by atoms with Crippen LogP contribution in [-0.2, 0) is 23.0 Å². The van der Waals surface area contributed by atoms with Crippen molar-refractivity contribution in [2.45, 2.75) is 31.6 Å². The van der Waals surface area contributed by atoms with Gasteiger partial charge in [-0.25, -0.2) is 8.42 Å². The minimum Gasteiger partial charge on any atom is -0.744 e. The SMILES string of the molecule is CCc1cc(S(=O)(=O)[O-])cc2c(CC)cccc12.[K+]. The molecule has 19 heavy (non-hydrogen) atoms. The van der Waals surface area contributed by atoms with Crippen LogP contribution in [-0.4, -0.2) is 13.0 Å².